The third-order valence-electron chi connectivity index (χ3n) is 1.63. The third-order valence-corrected chi connectivity index (χ3v) is 2.07. The summed E-state index contributed by atoms with van der Waals surface area (Å²) in [5, 5.41) is 9.44. The van der Waals surface area contributed by atoms with Crippen molar-refractivity contribution in [2.24, 2.45) is 5.73 Å². The Morgan fingerprint density at radius 2 is 2.38 bits per heavy atom. The molecule has 0 saturated carbocycles. The van der Waals surface area contributed by atoms with Crippen molar-refractivity contribution in [1.29, 1.82) is 0 Å². The van der Waals surface area contributed by atoms with Crippen LogP contribution in [0.5, 0.6) is 0 Å². The molecule has 0 saturated heterocycles. The number of aliphatic hydroxyl groups is 1. The van der Waals surface area contributed by atoms with E-state index in [4.69, 9.17) is 5.73 Å². The summed E-state index contributed by atoms with van der Waals surface area (Å²) in [6, 6.07) is 1.50. The Morgan fingerprint density at radius 1 is 1.69 bits per heavy atom. The molecule has 0 amide bonds. The number of nitrogens with two attached hydrogens (primary N) is 1. The molecule has 0 aliphatic carbocycles. The van der Waals surface area contributed by atoms with Crippen LogP contribution in [0.3, 0.4) is 0 Å². The van der Waals surface area contributed by atoms with Gasteiger partial charge >= 0.3 is 0 Å². The van der Waals surface area contributed by atoms with Crippen molar-refractivity contribution in [3.63, 3.8) is 0 Å². The molecule has 0 aliphatic heterocycles. The fourth-order valence-electron chi connectivity index (χ4n) is 0.985. The highest BCUT2D eigenvalue weighted by Crippen LogP contribution is 2.21. The van der Waals surface area contributed by atoms with Crippen molar-refractivity contribution in [3.05, 3.63) is 28.2 Å². The van der Waals surface area contributed by atoms with Crippen molar-refractivity contribution < 1.29 is 9.50 Å². The lowest BCUT2D eigenvalue weighted by Gasteiger charge is -2.09. The van der Waals surface area contributed by atoms with Gasteiger partial charge in [0.05, 0.1) is 6.10 Å². The first-order valence-electron chi connectivity index (χ1n) is 3.84. The standard InChI is InChI=1S/C8H10BrFN2O/c9-5-3-6(7(13)1-2-11)8(10)12-4-5/h3-4,7,13H,1-2,11H2/t7-/m0/s1. The van der Waals surface area contributed by atoms with Gasteiger partial charge in [-0.3, -0.25) is 0 Å². The molecule has 0 aliphatic rings. The summed E-state index contributed by atoms with van der Waals surface area (Å²) in [6.45, 7) is 0.313. The first-order valence-corrected chi connectivity index (χ1v) is 4.63. The number of hydrogen-bond acceptors (Lipinski definition) is 3. The van der Waals surface area contributed by atoms with Crippen LogP contribution in [0.25, 0.3) is 0 Å². The van der Waals surface area contributed by atoms with Gasteiger partial charge in [0, 0.05) is 16.2 Å². The van der Waals surface area contributed by atoms with Gasteiger partial charge in [0.2, 0.25) is 5.95 Å². The maximum Gasteiger partial charge on any atom is 0.218 e. The van der Waals surface area contributed by atoms with Crippen LogP contribution in [0.4, 0.5) is 4.39 Å². The van der Waals surface area contributed by atoms with E-state index in [0.717, 1.165) is 0 Å². The SMILES string of the molecule is NCC[C@H](O)c1cc(Br)cnc1F. The van der Waals surface area contributed by atoms with Crippen LogP contribution in [-0.2, 0) is 0 Å². The first-order chi connectivity index (χ1) is 6.15. The monoisotopic (exact) mass is 248 g/mol. The van der Waals surface area contributed by atoms with Crippen LogP contribution in [0.2, 0.25) is 0 Å². The van der Waals surface area contributed by atoms with Gasteiger partial charge < -0.3 is 10.8 Å². The lowest BCUT2D eigenvalue weighted by molar-refractivity contribution is 0.164. The van der Waals surface area contributed by atoms with Gasteiger partial charge in [-0.15, -0.1) is 0 Å². The highest BCUT2D eigenvalue weighted by molar-refractivity contribution is 9.10. The number of nitrogens with zero attached hydrogens (tertiary/aromatic N) is 1. The quantitative estimate of drug-likeness (QED) is 0.795. The number of aliphatic hydroxyl groups excluding tert-OH is 1. The fraction of sp³-hybridized carbons (Fsp3) is 0.375. The minimum atomic E-state index is -0.880. The zero-order valence-electron chi connectivity index (χ0n) is 6.87. The van der Waals surface area contributed by atoms with Crippen molar-refractivity contribution >= 4 is 15.9 Å². The van der Waals surface area contributed by atoms with Gasteiger partial charge in [0.25, 0.3) is 0 Å². The van der Waals surface area contributed by atoms with Gasteiger partial charge in [-0.2, -0.15) is 4.39 Å². The Kier molecular flexibility index (Phi) is 3.77. The number of hydrogen-bond donors (Lipinski definition) is 2. The lowest BCUT2D eigenvalue weighted by Crippen LogP contribution is -2.09. The second-order valence-electron chi connectivity index (χ2n) is 2.63. The predicted octanol–water partition coefficient (Wildman–Crippen LogP) is 1.37. The van der Waals surface area contributed by atoms with E-state index in [1.54, 1.807) is 0 Å². The Labute approximate surface area is 83.9 Å². The largest absolute Gasteiger partial charge is 0.388 e. The summed E-state index contributed by atoms with van der Waals surface area (Å²) in [5.74, 6) is -0.649. The van der Waals surface area contributed by atoms with E-state index in [-0.39, 0.29) is 5.56 Å². The molecule has 0 unspecified atom stereocenters. The van der Waals surface area contributed by atoms with Crippen molar-refractivity contribution in [3.8, 4) is 0 Å². The van der Waals surface area contributed by atoms with Gasteiger partial charge in [0.1, 0.15) is 0 Å². The summed E-state index contributed by atoms with van der Waals surface area (Å²) >= 11 is 3.14. The van der Waals surface area contributed by atoms with E-state index in [2.05, 4.69) is 20.9 Å². The Morgan fingerprint density at radius 3 is 3.00 bits per heavy atom. The van der Waals surface area contributed by atoms with Crippen LogP contribution >= 0.6 is 15.9 Å². The number of aromatic nitrogens is 1. The molecular formula is C8H10BrFN2O. The average Bonchev–Trinajstić information content (AvgIpc) is 2.09. The molecule has 1 aromatic rings. The normalized spacial score (nSPS) is 12.9. The summed E-state index contributed by atoms with van der Waals surface area (Å²) in [5.41, 5.74) is 5.42. The summed E-state index contributed by atoms with van der Waals surface area (Å²) in [4.78, 5) is 3.47. The molecular weight excluding hydrogens is 239 g/mol. The molecule has 3 N–H and O–H groups in total. The smallest absolute Gasteiger partial charge is 0.218 e. The molecule has 1 aromatic heterocycles. The van der Waals surface area contributed by atoms with Crippen LogP contribution in [-0.4, -0.2) is 16.6 Å². The second-order valence-corrected chi connectivity index (χ2v) is 3.54. The molecule has 0 aromatic carbocycles. The van der Waals surface area contributed by atoms with Gasteiger partial charge in [-0.1, -0.05) is 0 Å². The van der Waals surface area contributed by atoms with Crippen molar-refractivity contribution in [2.75, 3.05) is 6.54 Å². The van der Waals surface area contributed by atoms with Gasteiger partial charge in [0.15, 0.2) is 0 Å². The highest BCUT2D eigenvalue weighted by Gasteiger charge is 2.13. The Balaban J connectivity index is 2.91. The maximum atomic E-state index is 13.0. The van der Waals surface area contributed by atoms with Gasteiger partial charge in [-0.25, -0.2) is 4.98 Å². The molecule has 1 heterocycles. The summed E-state index contributed by atoms with van der Waals surface area (Å²) in [7, 11) is 0. The molecule has 13 heavy (non-hydrogen) atoms. The first kappa shape index (κ1) is 10.6. The average molecular weight is 249 g/mol. The van der Waals surface area contributed by atoms with Crippen molar-refractivity contribution in [2.45, 2.75) is 12.5 Å². The number of pyridine rings is 1. The predicted molar refractivity (Wildman–Crippen MR) is 50.5 cm³/mol. The molecule has 1 rings (SSSR count). The molecule has 3 nitrogen and oxygen atoms in total. The fourth-order valence-corrected chi connectivity index (χ4v) is 1.33. The molecule has 0 spiro atoms. The number of halogens is 2. The molecule has 1 atom stereocenters. The van der Waals surface area contributed by atoms with E-state index < -0.39 is 12.1 Å². The van der Waals surface area contributed by atoms with E-state index in [0.29, 0.717) is 17.4 Å². The van der Waals surface area contributed by atoms with Crippen molar-refractivity contribution in [1.82, 2.24) is 4.98 Å². The second kappa shape index (κ2) is 4.64. The van der Waals surface area contributed by atoms with E-state index in [1.807, 2.05) is 0 Å². The molecule has 0 fully saturated rings. The molecule has 5 heteroatoms. The lowest BCUT2D eigenvalue weighted by atomic mass is 10.1. The minimum absolute atomic E-state index is 0.180. The zero-order chi connectivity index (χ0) is 9.84. The van der Waals surface area contributed by atoms with E-state index in [1.165, 1.54) is 12.3 Å². The highest BCUT2D eigenvalue weighted by atomic mass is 79.9. The molecule has 72 valence electrons. The van der Waals surface area contributed by atoms with E-state index in [9.17, 15) is 9.50 Å². The van der Waals surface area contributed by atoms with E-state index >= 15 is 0 Å². The zero-order valence-corrected chi connectivity index (χ0v) is 8.46. The molecule has 0 radical (unpaired) electrons. The Bertz CT molecular complexity index is 295. The molecule has 0 bridgehead atoms. The van der Waals surface area contributed by atoms with Crippen LogP contribution in [0.15, 0.2) is 16.7 Å². The summed E-state index contributed by atoms with van der Waals surface area (Å²) in [6.07, 6.45) is 0.790. The third kappa shape index (κ3) is 2.72. The maximum absolute atomic E-state index is 13.0. The summed E-state index contributed by atoms with van der Waals surface area (Å²) < 4.78 is 13.6. The minimum Gasteiger partial charge on any atom is -0.388 e. The van der Waals surface area contributed by atoms with Crippen LogP contribution in [0.1, 0.15) is 18.1 Å². The number of rotatable bonds is 3. The Hall–Kier alpha value is -0.520. The van der Waals surface area contributed by atoms with Crippen LogP contribution in [0, 0.1) is 5.95 Å². The van der Waals surface area contributed by atoms with Gasteiger partial charge in [-0.05, 0) is 35.0 Å². The van der Waals surface area contributed by atoms with Crippen LogP contribution < -0.4 is 5.73 Å². The topological polar surface area (TPSA) is 59.1 Å².